The number of para-hydroxylation sites is 1. The van der Waals surface area contributed by atoms with Crippen LogP contribution in [0.3, 0.4) is 0 Å². The zero-order chi connectivity index (χ0) is 21.6. The molecule has 4 aromatic rings. The topological polar surface area (TPSA) is 87.6 Å². The number of nitrogens with two attached hydrogens (primary N) is 1. The Morgan fingerprint density at radius 2 is 2.10 bits per heavy atom. The summed E-state index contributed by atoms with van der Waals surface area (Å²) in [5.74, 6) is 0.403. The highest BCUT2D eigenvalue weighted by Gasteiger charge is 2.14. The summed E-state index contributed by atoms with van der Waals surface area (Å²) in [5.41, 5.74) is 10.1. The molecular formula is C24H24N2O4S. The minimum absolute atomic E-state index is 0.179. The Morgan fingerprint density at radius 3 is 2.94 bits per heavy atom. The standard InChI is InChI=1S/C24H24N2O4S/c1-2-28-23(27)13-17-5-3-4-6-21(17)30-14-16-11-18-8-10-29-24(18)19(12-16)20-15-31-22(26-20)7-9-25/h3-6,8,10-12,15H,2,7,9,13-14,25H2,1H3. The number of esters is 1. The van der Waals surface area contributed by atoms with Crippen LogP contribution in [0.25, 0.3) is 22.2 Å². The lowest BCUT2D eigenvalue weighted by Gasteiger charge is -2.12. The fourth-order valence-corrected chi connectivity index (χ4v) is 4.22. The van der Waals surface area contributed by atoms with Gasteiger partial charge in [0, 0.05) is 28.3 Å². The van der Waals surface area contributed by atoms with Crippen LogP contribution in [0, 0.1) is 0 Å². The van der Waals surface area contributed by atoms with Crippen molar-refractivity contribution in [3.8, 4) is 17.0 Å². The van der Waals surface area contributed by atoms with E-state index in [2.05, 4.69) is 0 Å². The number of hydrogen-bond acceptors (Lipinski definition) is 7. The highest BCUT2D eigenvalue weighted by atomic mass is 32.1. The van der Waals surface area contributed by atoms with Crippen molar-refractivity contribution in [3.63, 3.8) is 0 Å². The van der Waals surface area contributed by atoms with Gasteiger partial charge >= 0.3 is 5.97 Å². The van der Waals surface area contributed by atoms with Gasteiger partial charge in [-0.1, -0.05) is 18.2 Å². The molecule has 7 heteroatoms. The lowest BCUT2D eigenvalue weighted by molar-refractivity contribution is -0.142. The van der Waals surface area contributed by atoms with Crippen LogP contribution in [0.2, 0.25) is 0 Å². The smallest absolute Gasteiger partial charge is 0.310 e. The van der Waals surface area contributed by atoms with Crippen molar-refractivity contribution in [1.29, 1.82) is 0 Å². The number of aromatic nitrogens is 1. The van der Waals surface area contributed by atoms with Gasteiger partial charge < -0.3 is 19.6 Å². The maximum Gasteiger partial charge on any atom is 0.310 e. The summed E-state index contributed by atoms with van der Waals surface area (Å²) in [7, 11) is 0. The maximum absolute atomic E-state index is 11.9. The Bertz CT molecular complexity index is 1180. The van der Waals surface area contributed by atoms with Gasteiger partial charge in [0.25, 0.3) is 0 Å². The summed E-state index contributed by atoms with van der Waals surface area (Å²) in [6, 6.07) is 13.5. The molecule has 2 aromatic heterocycles. The van der Waals surface area contributed by atoms with Crippen LogP contribution in [-0.4, -0.2) is 24.1 Å². The molecule has 31 heavy (non-hydrogen) atoms. The fraction of sp³-hybridized carbons (Fsp3) is 0.250. The van der Waals surface area contributed by atoms with E-state index in [1.165, 1.54) is 0 Å². The van der Waals surface area contributed by atoms with E-state index in [1.807, 2.05) is 47.8 Å². The molecule has 0 aliphatic rings. The number of rotatable bonds is 9. The Morgan fingerprint density at radius 1 is 1.23 bits per heavy atom. The van der Waals surface area contributed by atoms with Crippen molar-refractivity contribution < 1.29 is 18.7 Å². The van der Waals surface area contributed by atoms with Crippen LogP contribution < -0.4 is 10.5 Å². The van der Waals surface area contributed by atoms with E-state index < -0.39 is 0 Å². The summed E-state index contributed by atoms with van der Waals surface area (Å²) in [6.07, 6.45) is 2.62. The Labute approximate surface area is 184 Å². The van der Waals surface area contributed by atoms with Gasteiger partial charge in [0.1, 0.15) is 17.9 Å². The van der Waals surface area contributed by atoms with E-state index in [-0.39, 0.29) is 12.4 Å². The highest BCUT2D eigenvalue weighted by molar-refractivity contribution is 7.10. The van der Waals surface area contributed by atoms with Gasteiger partial charge in [0.2, 0.25) is 0 Å². The molecule has 4 rings (SSSR count). The third kappa shape index (κ3) is 4.95. The van der Waals surface area contributed by atoms with E-state index in [9.17, 15) is 4.79 Å². The number of hydrogen-bond donors (Lipinski definition) is 1. The average Bonchev–Trinajstić information content (AvgIpc) is 3.42. The van der Waals surface area contributed by atoms with Crippen molar-refractivity contribution in [2.24, 2.45) is 5.73 Å². The quantitative estimate of drug-likeness (QED) is 0.381. The molecule has 0 radical (unpaired) electrons. The normalized spacial score (nSPS) is 11.0. The number of nitrogens with zero attached hydrogens (tertiary/aromatic N) is 1. The molecular weight excluding hydrogens is 412 g/mol. The van der Waals surface area contributed by atoms with Gasteiger partial charge in [-0.3, -0.25) is 4.79 Å². The molecule has 0 amide bonds. The summed E-state index contributed by atoms with van der Waals surface area (Å²) >= 11 is 1.60. The van der Waals surface area contributed by atoms with E-state index in [1.54, 1.807) is 24.5 Å². The monoisotopic (exact) mass is 436 g/mol. The van der Waals surface area contributed by atoms with E-state index in [0.29, 0.717) is 25.5 Å². The van der Waals surface area contributed by atoms with Gasteiger partial charge in [-0.15, -0.1) is 11.3 Å². The third-order valence-corrected chi connectivity index (χ3v) is 5.71. The van der Waals surface area contributed by atoms with Gasteiger partial charge in [0.05, 0.1) is 30.0 Å². The number of fused-ring (bicyclic) bond motifs is 1. The first kappa shape index (κ1) is 21.1. The molecule has 2 aromatic carbocycles. The maximum atomic E-state index is 11.9. The largest absolute Gasteiger partial charge is 0.489 e. The number of benzene rings is 2. The lowest BCUT2D eigenvalue weighted by atomic mass is 10.1. The van der Waals surface area contributed by atoms with Gasteiger partial charge in [-0.25, -0.2) is 4.98 Å². The first-order valence-electron chi connectivity index (χ1n) is 10.2. The van der Waals surface area contributed by atoms with Crippen LogP contribution in [-0.2, 0) is 29.0 Å². The van der Waals surface area contributed by atoms with Crippen molar-refractivity contribution in [2.45, 2.75) is 26.4 Å². The zero-order valence-electron chi connectivity index (χ0n) is 17.3. The molecule has 0 saturated carbocycles. The van der Waals surface area contributed by atoms with E-state index in [4.69, 9.17) is 24.6 Å². The molecule has 0 spiro atoms. The predicted molar refractivity (Wildman–Crippen MR) is 121 cm³/mol. The van der Waals surface area contributed by atoms with Crippen molar-refractivity contribution in [3.05, 3.63) is 70.2 Å². The zero-order valence-corrected chi connectivity index (χ0v) is 18.1. The molecule has 160 valence electrons. The molecule has 0 aliphatic carbocycles. The van der Waals surface area contributed by atoms with Crippen LogP contribution in [0.4, 0.5) is 0 Å². The molecule has 2 heterocycles. The number of carbonyl (C=O) groups is 1. The molecule has 0 saturated heterocycles. The Kier molecular flexibility index (Phi) is 6.64. The second-order valence-corrected chi connectivity index (χ2v) is 7.97. The Hall–Kier alpha value is -3.16. The molecule has 0 fully saturated rings. The fourth-order valence-electron chi connectivity index (χ4n) is 3.41. The van der Waals surface area contributed by atoms with Gasteiger partial charge in [-0.2, -0.15) is 0 Å². The summed E-state index contributed by atoms with van der Waals surface area (Å²) in [4.78, 5) is 16.6. The second-order valence-electron chi connectivity index (χ2n) is 7.03. The number of ether oxygens (including phenoxy) is 2. The number of thiazole rings is 1. The third-order valence-electron chi connectivity index (χ3n) is 4.80. The SMILES string of the molecule is CCOC(=O)Cc1ccccc1OCc1cc(-c2csc(CCN)n2)c2occc2c1. The second kappa shape index (κ2) is 9.76. The molecule has 6 nitrogen and oxygen atoms in total. The van der Waals surface area contributed by atoms with Crippen LogP contribution in [0.1, 0.15) is 23.1 Å². The predicted octanol–water partition coefficient (Wildman–Crippen LogP) is 4.74. The summed E-state index contributed by atoms with van der Waals surface area (Å²) < 4.78 is 16.9. The highest BCUT2D eigenvalue weighted by Crippen LogP contribution is 2.32. The average molecular weight is 437 g/mol. The molecule has 0 aliphatic heterocycles. The van der Waals surface area contributed by atoms with Crippen LogP contribution in [0.15, 0.2) is 58.5 Å². The van der Waals surface area contributed by atoms with Gasteiger partial charge in [-0.05, 0) is 43.3 Å². The molecule has 0 atom stereocenters. The van der Waals surface area contributed by atoms with Gasteiger partial charge in [0.15, 0.2) is 0 Å². The van der Waals surface area contributed by atoms with Crippen molar-refractivity contribution in [1.82, 2.24) is 4.98 Å². The van der Waals surface area contributed by atoms with Crippen LogP contribution >= 0.6 is 11.3 Å². The lowest BCUT2D eigenvalue weighted by Crippen LogP contribution is -2.09. The number of carbonyl (C=O) groups excluding carboxylic acids is 1. The molecule has 0 unspecified atom stereocenters. The first-order valence-corrected chi connectivity index (χ1v) is 11.1. The summed E-state index contributed by atoms with van der Waals surface area (Å²) in [6.45, 7) is 3.08. The molecule has 2 N–H and O–H groups in total. The Balaban J connectivity index is 1.58. The van der Waals surface area contributed by atoms with Crippen LogP contribution in [0.5, 0.6) is 5.75 Å². The van der Waals surface area contributed by atoms with E-state index in [0.717, 1.165) is 44.8 Å². The minimum Gasteiger partial charge on any atom is -0.489 e. The molecule has 0 bridgehead atoms. The van der Waals surface area contributed by atoms with Crippen molar-refractivity contribution >= 4 is 28.3 Å². The number of furan rings is 1. The minimum atomic E-state index is -0.266. The van der Waals surface area contributed by atoms with Crippen molar-refractivity contribution in [2.75, 3.05) is 13.2 Å². The first-order chi connectivity index (χ1) is 15.2. The summed E-state index contributed by atoms with van der Waals surface area (Å²) in [5, 5.41) is 4.03. The van der Waals surface area contributed by atoms with E-state index >= 15 is 0 Å².